The first kappa shape index (κ1) is 16.4. The van der Waals surface area contributed by atoms with Gasteiger partial charge in [-0.2, -0.15) is 4.98 Å². The SMILES string of the molecule is CCOc1ccc(-c2noc(C3(C)CCN(C(C)=O)C3)n2)cc1F. The van der Waals surface area contributed by atoms with Gasteiger partial charge in [0, 0.05) is 25.6 Å². The Hall–Kier alpha value is -2.44. The van der Waals surface area contributed by atoms with Gasteiger partial charge < -0.3 is 14.2 Å². The Kier molecular flexibility index (Phi) is 4.26. The highest BCUT2D eigenvalue weighted by Crippen LogP contribution is 2.34. The molecule has 1 unspecified atom stereocenters. The van der Waals surface area contributed by atoms with Crippen LogP contribution in [0, 0.1) is 5.82 Å². The fourth-order valence-electron chi connectivity index (χ4n) is 2.90. The predicted octanol–water partition coefficient (Wildman–Crippen LogP) is 2.78. The van der Waals surface area contributed by atoms with E-state index >= 15 is 0 Å². The van der Waals surface area contributed by atoms with E-state index in [4.69, 9.17) is 9.26 Å². The minimum atomic E-state index is -0.462. The summed E-state index contributed by atoms with van der Waals surface area (Å²) in [4.78, 5) is 17.7. The molecule has 0 aliphatic carbocycles. The molecule has 1 atom stereocenters. The number of amides is 1. The van der Waals surface area contributed by atoms with Crippen LogP contribution < -0.4 is 4.74 Å². The number of rotatable bonds is 4. The number of halogens is 1. The Morgan fingerprint density at radius 2 is 2.29 bits per heavy atom. The van der Waals surface area contributed by atoms with E-state index in [2.05, 4.69) is 10.1 Å². The Bertz CT molecular complexity index is 761. The molecule has 1 aliphatic rings. The van der Waals surface area contributed by atoms with E-state index in [1.54, 1.807) is 30.9 Å². The molecule has 2 aromatic rings. The molecular weight excluding hydrogens is 313 g/mol. The molecule has 1 aromatic carbocycles. The van der Waals surface area contributed by atoms with Crippen LogP contribution in [0.5, 0.6) is 5.75 Å². The normalized spacial score (nSPS) is 20.4. The van der Waals surface area contributed by atoms with E-state index in [0.717, 1.165) is 6.42 Å². The third-order valence-electron chi connectivity index (χ3n) is 4.35. The van der Waals surface area contributed by atoms with E-state index in [9.17, 15) is 9.18 Å². The van der Waals surface area contributed by atoms with Crippen LogP contribution in [-0.4, -0.2) is 40.6 Å². The van der Waals surface area contributed by atoms with E-state index in [0.29, 0.717) is 37.0 Å². The summed E-state index contributed by atoms with van der Waals surface area (Å²) in [6, 6.07) is 4.58. The highest BCUT2D eigenvalue weighted by molar-refractivity contribution is 5.73. The monoisotopic (exact) mass is 333 g/mol. The quantitative estimate of drug-likeness (QED) is 0.860. The van der Waals surface area contributed by atoms with Crippen molar-refractivity contribution in [1.82, 2.24) is 15.0 Å². The van der Waals surface area contributed by atoms with Gasteiger partial charge in [-0.3, -0.25) is 4.79 Å². The third-order valence-corrected chi connectivity index (χ3v) is 4.35. The van der Waals surface area contributed by atoms with Gasteiger partial charge in [0.15, 0.2) is 11.6 Å². The number of aromatic nitrogens is 2. The van der Waals surface area contributed by atoms with Gasteiger partial charge in [-0.25, -0.2) is 4.39 Å². The van der Waals surface area contributed by atoms with Crippen LogP contribution in [0.3, 0.4) is 0 Å². The summed E-state index contributed by atoms with van der Waals surface area (Å²) in [6.07, 6.45) is 0.756. The first-order chi connectivity index (χ1) is 11.4. The minimum absolute atomic E-state index is 0.0343. The van der Waals surface area contributed by atoms with Crippen LogP contribution in [0.25, 0.3) is 11.4 Å². The number of hydrogen-bond acceptors (Lipinski definition) is 5. The van der Waals surface area contributed by atoms with Crippen LogP contribution in [0.1, 0.15) is 33.1 Å². The summed E-state index contributed by atoms with van der Waals surface area (Å²) in [7, 11) is 0. The average Bonchev–Trinajstić information content (AvgIpc) is 3.17. The predicted molar refractivity (Wildman–Crippen MR) is 85.1 cm³/mol. The van der Waals surface area contributed by atoms with Gasteiger partial charge in [0.1, 0.15) is 0 Å². The first-order valence-corrected chi connectivity index (χ1v) is 7.95. The molecule has 0 N–H and O–H groups in total. The maximum atomic E-state index is 14.0. The van der Waals surface area contributed by atoms with Gasteiger partial charge in [0.2, 0.25) is 17.6 Å². The molecule has 2 heterocycles. The van der Waals surface area contributed by atoms with Crippen LogP contribution in [-0.2, 0) is 10.2 Å². The van der Waals surface area contributed by atoms with Gasteiger partial charge in [0.25, 0.3) is 0 Å². The average molecular weight is 333 g/mol. The first-order valence-electron chi connectivity index (χ1n) is 7.95. The van der Waals surface area contributed by atoms with Crippen LogP contribution >= 0.6 is 0 Å². The zero-order valence-electron chi connectivity index (χ0n) is 14.0. The lowest BCUT2D eigenvalue weighted by atomic mass is 9.90. The molecule has 0 bridgehead atoms. The Morgan fingerprint density at radius 3 is 2.92 bits per heavy atom. The van der Waals surface area contributed by atoms with Crippen molar-refractivity contribution < 1.29 is 18.4 Å². The molecule has 6 nitrogen and oxygen atoms in total. The molecule has 1 fully saturated rings. The van der Waals surface area contributed by atoms with Gasteiger partial charge in [-0.15, -0.1) is 0 Å². The van der Waals surface area contributed by atoms with E-state index < -0.39 is 5.82 Å². The number of carbonyl (C=O) groups excluding carboxylic acids is 1. The molecule has 1 saturated heterocycles. The summed E-state index contributed by atoms with van der Waals surface area (Å²) in [6.45, 7) is 6.95. The Morgan fingerprint density at radius 1 is 1.50 bits per heavy atom. The molecule has 0 radical (unpaired) electrons. The molecule has 1 aliphatic heterocycles. The molecule has 1 amide bonds. The molecular formula is C17H20FN3O3. The second-order valence-corrected chi connectivity index (χ2v) is 6.25. The van der Waals surface area contributed by atoms with Crippen molar-refractivity contribution in [2.75, 3.05) is 19.7 Å². The number of nitrogens with zero attached hydrogens (tertiary/aromatic N) is 3. The van der Waals surface area contributed by atoms with Crippen molar-refractivity contribution in [3.05, 3.63) is 29.9 Å². The number of ether oxygens (including phenoxy) is 1. The zero-order valence-corrected chi connectivity index (χ0v) is 14.0. The summed E-state index contributed by atoms with van der Waals surface area (Å²) in [5, 5.41) is 3.97. The van der Waals surface area contributed by atoms with Crippen molar-refractivity contribution in [2.45, 2.75) is 32.6 Å². The van der Waals surface area contributed by atoms with E-state index in [1.165, 1.54) is 6.07 Å². The summed E-state index contributed by atoms with van der Waals surface area (Å²) in [5.74, 6) is 0.567. The van der Waals surface area contributed by atoms with Gasteiger partial charge in [-0.05, 0) is 38.5 Å². The second-order valence-electron chi connectivity index (χ2n) is 6.25. The van der Waals surface area contributed by atoms with Crippen LogP contribution in [0.2, 0.25) is 0 Å². The number of hydrogen-bond donors (Lipinski definition) is 0. The van der Waals surface area contributed by atoms with E-state index in [-0.39, 0.29) is 17.1 Å². The Labute approximate surface area is 139 Å². The number of carbonyl (C=O) groups is 1. The summed E-state index contributed by atoms with van der Waals surface area (Å²) >= 11 is 0. The molecule has 128 valence electrons. The lowest BCUT2D eigenvalue weighted by Gasteiger charge is -2.19. The van der Waals surface area contributed by atoms with E-state index in [1.807, 2.05) is 6.92 Å². The summed E-state index contributed by atoms with van der Waals surface area (Å²) < 4.78 is 24.6. The molecule has 7 heteroatoms. The van der Waals surface area contributed by atoms with Gasteiger partial charge in [-0.1, -0.05) is 5.16 Å². The third kappa shape index (κ3) is 2.98. The molecule has 0 spiro atoms. The maximum absolute atomic E-state index is 14.0. The minimum Gasteiger partial charge on any atom is -0.491 e. The number of likely N-dealkylation sites (tertiary alicyclic amines) is 1. The van der Waals surface area contributed by atoms with Crippen molar-refractivity contribution in [1.29, 1.82) is 0 Å². The second kappa shape index (κ2) is 6.22. The van der Waals surface area contributed by atoms with Crippen molar-refractivity contribution in [3.8, 4) is 17.1 Å². The smallest absolute Gasteiger partial charge is 0.234 e. The van der Waals surface area contributed by atoms with Crippen LogP contribution in [0.4, 0.5) is 4.39 Å². The largest absolute Gasteiger partial charge is 0.491 e. The standard InChI is InChI=1S/C17H20FN3O3/c1-4-23-14-6-5-12(9-13(14)18)15-19-16(24-20-15)17(3)7-8-21(10-17)11(2)22/h5-6,9H,4,7-8,10H2,1-3H3. The Balaban J connectivity index is 1.83. The topological polar surface area (TPSA) is 68.5 Å². The highest BCUT2D eigenvalue weighted by Gasteiger charge is 2.41. The van der Waals surface area contributed by atoms with Gasteiger partial charge in [0.05, 0.1) is 12.0 Å². The molecule has 3 rings (SSSR count). The highest BCUT2D eigenvalue weighted by atomic mass is 19.1. The lowest BCUT2D eigenvalue weighted by Crippen LogP contribution is -2.31. The summed E-state index contributed by atoms with van der Waals surface area (Å²) in [5.41, 5.74) is 0.150. The molecule has 0 saturated carbocycles. The van der Waals surface area contributed by atoms with Crippen LogP contribution in [0.15, 0.2) is 22.7 Å². The molecule has 24 heavy (non-hydrogen) atoms. The maximum Gasteiger partial charge on any atom is 0.234 e. The van der Waals surface area contributed by atoms with Crippen molar-refractivity contribution in [3.63, 3.8) is 0 Å². The fourth-order valence-corrected chi connectivity index (χ4v) is 2.90. The van der Waals surface area contributed by atoms with Crippen molar-refractivity contribution >= 4 is 5.91 Å². The fraction of sp³-hybridized carbons (Fsp3) is 0.471. The number of benzene rings is 1. The molecule has 1 aromatic heterocycles. The van der Waals surface area contributed by atoms with Crippen molar-refractivity contribution in [2.24, 2.45) is 0 Å². The zero-order chi connectivity index (χ0) is 17.3. The lowest BCUT2D eigenvalue weighted by molar-refractivity contribution is -0.128. The van der Waals surface area contributed by atoms with Gasteiger partial charge >= 0.3 is 0 Å².